The van der Waals surface area contributed by atoms with Crippen molar-refractivity contribution in [3.63, 3.8) is 0 Å². The van der Waals surface area contributed by atoms with Gasteiger partial charge >= 0.3 is 0 Å². The molecule has 2 heterocycles. The van der Waals surface area contributed by atoms with Crippen LogP contribution in [0.4, 0.5) is 0 Å². The van der Waals surface area contributed by atoms with Crippen molar-refractivity contribution >= 4 is 66.7 Å². The Labute approximate surface area is 177 Å². The van der Waals surface area contributed by atoms with Gasteiger partial charge in [0.05, 0.1) is 4.88 Å². The van der Waals surface area contributed by atoms with Gasteiger partial charge in [-0.2, -0.15) is 0 Å². The third kappa shape index (κ3) is 3.33. The van der Waals surface area contributed by atoms with Crippen LogP contribution in [0.1, 0.15) is 9.67 Å². The van der Waals surface area contributed by atoms with Crippen LogP contribution in [0.5, 0.6) is 0 Å². The van der Waals surface area contributed by atoms with Crippen LogP contribution >= 0.6 is 30.2 Å². The fraction of sp³-hybridized carbons (Fsp3) is 0.0417. The van der Waals surface area contributed by atoms with Gasteiger partial charge in [0.1, 0.15) is 10.6 Å². The molecule has 0 radical (unpaired) electrons. The van der Waals surface area contributed by atoms with Gasteiger partial charge in [-0.3, -0.25) is 4.79 Å². The second kappa shape index (κ2) is 7.47. The third-order valence-electron chi connectivity index (χ3n) is 5.15. The van der Waals surface area contributed by atoms with Crippen LogP contribution in [-0.4, -0.2) is 16.8 Å². The second-order valence-corrected chi connectivity index (χ2v) is 11.9. The first-order valence-corrected chi connectivity index (χ1v) is 12.9. The van der Waals surface area contributed by atoms with E-state index in [9.17, 15) is 9.69 Å². The monoisotopic (exact) mass is 433 g/mol. The molecule has 2 aromatic heterocycles. The molecule has 0 aliphatic carbocycles. The Hall–Kier alpha value is -2.36. The molecule has 0 saturated heterocycles. The number of carbonyl (C=O) groups excluding carboxylic acids is 1. The van der Waals surface area contributed by atoms with Crippen molar-refractivity contribution in [2.45, 2.75) is 0 Å². The molecule has 0 saturated carbocycles. The summed E-state index contributed by atoms with van der Waals surface area (Å²) in [6, 6.07) is 27.5. The number of rotatable bonds is 5. The van der Waals surface area contributed by atoms with Gasteiger partial charge < -0.3 is 0 Å². The molecular weight excluding hydrogens is 415 g/mol. The Bertz CT molecular complexity index is 1270. The van der Waals surface area contributed by atoms with Crippen molar-refractivity contribution in [3.05, 3.63) is 95.2 Å². The summed E-state index contributed by atoms with van der Waals surface area (Å²) in [6.45, 7) is 0. The highest BCUT2D eigenvalue weighted by molar-refractivity contribution is 7.85. The number of fused-ring (bicyclic) bond motifs is 3. The summed E-state index contributed by atoms with van der Waals surface area (Å²) in [5.74, 6) is -0.00174. The zero-order valence-corrected chi connectivity index (χ0v) is 18.0. The van der Waals surface area contributed by atoms with Crippen molar-refractivity contribution in [2.75, 3.05) is 6.16 Å². The predicted molar refractivity (Wildman–Crippen MR) is 128 cm³/mol. The number of Topliss-reactive ketones (excluding diaryl/α,β-unsaturated/α-hetero) is 1. The van der Waals surface area contributed by atoms with Crippen molar-refractivity contribution in [2.24, 2.45) is 0 Å². The number of ketones is 1. The van der Waals surface area contributed by atoms with Crippen molar-refractivity contribution in [3.8, 4) is 0 Å². The fourth-order valence-corrected chi connectivity index (χ4v) is 8.17. The average molecular weight is 434 g/mol. The highest BCUT2D eigenvalue weighted by Gasteiger charge is 2.44. The summed E-state index contributed by atoms with van der Waals surface area (Å²) in [4.78, 5) is 25.8. The lowest BCUT2D eigenvalue weighted by Crippen LogP contribution is -2.27. The van der Waals surface area contributed by atoms with Gasteiger partial charge in [0.15, 0.2) is 6.16 Å². The normalized spacial score (nSPS) is 11.9. The predicted octanol–water partition coefficient (Wildman–Crippen LogP) is 5.87. The molecular formula is C24H18O2PS2+. The molecule has 142 valence electrons. The second-order valence-electron chi connectivity index (χ2n) is 6.94. The molecule has 0 aliphatic rings. The van der Waals surface area contributed by atoms with Gasteiger partial charge in [-0.05, 0) is 53.9 Å². The van der Waals surface area contributed by atoms with Gasteiger partial charge in [-0.15, -0.1) is 22.7 Å². The van der Waals surface area contributed by atoms with Gasteiger partial charge in [0.25, 0.3) is 0 Å². The van der Waals surface area contributed by atoms with E-state index < -0.39 is 7.49 Å². The summed E-state index contributed by atoms with van der Waals surface area (Å²) in [5.41, 5.74) is 0. The molecule has 5 rings (SSSR count). The molecule has 1 N–H and O–H groups in total. The molecule has 0 amide bonds. The summed E-state index contributed by atoms with van der Waals surface area (Å²) in [6.07, 6.45) is 0.112. The largest absolute Gasteiger partial charge is 0.289 e. The lowest BCUT2D eigenvalue weighted by Gasteiger charge is -2.19. The zero-order chi connectivity index (χ0) is 19.8. The summed E-state index contributed by atoms with van der Waals surface area (Å²) < 4.78 is 2.34. The Balaban J connectivity index is 1.57. The average Bonchev–Trinajstić information content (AvgIpc) is 3.41. The minimum Gasteiger partial charge on any atom is -0.289 e. The highest BCUT2D eigenvalue weighted by Crippen LogP contribution is 2.52. The minimum atomic E-state index is -2.82. The Morgan fingerprint density at radius 3 is 2.07 bits per heavy atom. The zero-order valence-electron chi connectivity index (χ0n) is 15.5. The molecule has 29 heavy (non-hydrogen) atoms. The number of benzene rings is 3. The first-order valence-electron chi connectivity index (χ1n) is 9.30. The smallest absolute Gasteiger partial charge is 0.214 e. The first kappa shape index (κ1) is 18.7. The van der Waals surface area contributed by atoms with Gasteiger partial charge in [0.2, 0.25) is 13.3 Å². The lowest BCUT2D eigenvalue weighted by molar-refractivity contribution is 0.102. The van der Waals surface area contributed by atoms with E-state index in [1.165, 1.54) is 21.4 Å². The van der Waals surface area contributed by atoms with Crippen LogP contribution in [0.15, 0.2) is 90.3 Å². The Morgan fingerprint density at radius 1 is 0.793 bits per heavy atom. The maximum atomic E-state index is 13.3. The van der Waals surface area contributed by atoms with E-state index in [-0.39, 0.29) is 11.9 Å². The maximum Gasteiger partial charge on any atom is 0.214 e. The van der Waals surface area contributed by atoms with Crippen LogP contribution in [-0.2, 0) is 0 Å². The Kier molecular flexibility index (Phi) is 4.81. The van der Waals surface area contributed by atoms with Crippen LogP contribution in [0.2, 0.25) is 0 Å². The Morgan fingerprint density at radius 2 is 1.41 bits per heavy atom. The molecule has 2 nitrogen and oxygen atoms in total. The topological polar surface area (TPSA) is 37.3 Å². The van der Waals surface area contributed by atoms with Gasteiger partial charge in [0, 0.05) is 20.2 Å². The lowest BCUT2D eigenvalue weighted by atomic mass is 10.2. The molecule has 5 aromatic rings. The quantitative estimate of drug-likeness (QED) is 0.278. The highest BCUT2D eigenvalue weighted by atomic mass is 32.1. The maximum absolute atomic E-state index is 13.3. The standard InChI is InChI=1S/C24H18O2PS2/c25-21(24-15-20-19-13-14-28-22(19)11-12-23(20)29-24)16-27(26,17-7-3-1-4-8-17)18-9-5-2-6-10-18/h1-15,26H,16H2/q+1. The van der Waals surface area contributed by atoms with E-state index in [1.807, 2.05) is 66.7 Å². The first-order chi connectivity index (χ1) is 14.1. The summed E-state index contributed by atoms with van der Waals surface area (Å²) >= 11 is 3.23. The molecule has 0 fully saturated rings. The van der Waals surface area contributed by atoms with E-state index in [0.717, 1.165) is 20.7 Å². The fourth-order valence-electron chi connectivity index (χ4n) is 3.67. The molecule has 0 atom stereocenters. The molecule has 0 unspecified atom stereocenters. The van der Waals surface area contributed by atoms with Crippen LogP contribution < -0.4 is 10.6 Å². The van der Waals surface area contributed by atoms with E-state index in [0.29, 0.717) is 4.88 Å². The SMILES string of the molecule is O=C(C[P+](O)(c1ccccc1)c1ccccc1)c1cc2c(ccc3sccc32)s1. The molecule has 0 aliphatic heterocycles. The van der Waals surface area contributed by atoms with Crippen LogP contribution in [0.25, 0.3) is 20.2 Å². The third-order valence-corrected chi connectivity index (χ3v) is 10.2. The minimum absolute atomic E-state index is 0.00174. The number of hydrogen-bond acceptors (Lipinski definition) is 4. The summed E-state index contributed by atoms with van der Waals surface area (Å²) in [5, 5.41) is 6.07. The number of thiophene rings is 2. The van der Waals surface area contributed by atoms with Crippen LogP contribution in [0, 0.1) is 0 Å². The van der Waals surface area contributed by atoms with E-state index in [2.05, 4.69) is 23.6 Å². The molecule has 0 spiro atoms. The van der Waals surface area contributed by atoms with Crippen molar-refractivity contribution in [1.82, 2.24) is 0 Å². The van der Waals surface area contributed by atoms with Gasteiger partial charge in [-0.1, -0.05) is 36.4 Å². The van der Waals surface area contributed by atoms with Crippen molar-refractivity contribution < 1.29 is 9.69 Å². The van der Waals surface area contributed by atoms with Gasteiger partial charge in [-0.25, -0.2) is 4.89 Å². The summed E-state index contributed by atoms with van der Waals surface area (Å²) in [7, 11) is -2.82. The molecule has 5 heteroatoms. The number of carbonyl (C=O) groups is 1. The van der Waals surface area contributed by atoms with E-state index >= 15 is 0 Å². The molecule has 0 bridgehead atoms. The van der Waals surface area contributed by atoms with E-state index in [1.54, 1.807) is 11.3 Å². The van der Waals surface area contributed by atoms with E-state index in [4.69, 9.17) is 0 Å². The number of hydrogen-bond donors (Lipinski definition) is 1. The molecule has 3 aromatic carbocycles. The van der Waals surface area contributed by atoms with Crippen molar-refractivity contribution in [1.29, 1.82) is 0 Å². The van der Waals surface area contributed by atoms with Crippen LogP contribution in [0.3, 0.4) is 0 Å².